The maximum atomic E-state index is 12.2. The summed E-state index contributed by atoms with van der Waals surface area (Å²) in [5, 5.41) is 7.85. The van der Waals surface area contributed by atoms with Gasteiger partial charge in [0.2, 0.25) is 0 Å². The summed E-state index contributed by atoms with van der Waals surface area (Å²) in [7, 11) is 1.99. The van der Waals surface area contributed by atoms with Crippen LogP contribution in [-0.2, 0) is 6.54 Å². The molecule has 112 valence electrons. The topological polar surface area (TPSA) is 50.2 Å². The van der Waals surface area contributed by atoms with Crippen molar-refractivity contribution in [2.24, 2.45) is 0 Å². The number of piperidine rings is 1. The van der Waals surface area contributed by atoms with Gasteiger partial charge in [-0.2, -0.15) is 5.10 Å². The fraction of sp³-hybridized carbons (Fsp3) is 0.714. The van der Waals surface area contributed by atoms with Crippen LogP contribution in [0.2, 0.25) is 5.02 Å². The van der Waals surface area contributed by atoms with E-state index < -0.39 is 0 Å². The molecule has 0 radical (unpaired) electrons. The Morgan fingerprint density at radius 1 is 1.45 bits per heavy atom. The monoisotopic (exact) mass is 298 g/mol. The van der Waals surface area contributed by atoms with E-state index in [1.54, 1.807) is 6.20 Å². The Bertz CT molecular complexity index is 494. The standard InChI is InChI=1S/C14H23ClN4O/c1-3-4-7-19-14(20)13(15)12(10-17-19)18-8-5-11(16-2)6-9-18/h10-11,16H,3-9H2,1-2H3. The number of hydrogen-bond donors (Lipinski definition) is 1. The predicted molar refractivity (Wildman–Crippen MR) is 82.7 cm³/mol. The predicted octanol–water partition coefficient (Wildman–Crippen LogP) is 1.89. The zero-order valence-electron chi connectivity index (χ0n) is 12.2. The van der Waals surface area contributed by atoms with E-state index >= 15 is 0 Å². The molecule has 0 saturated carbocycles. The van der Waals surface area contributed by atoms with Crippen LogP contribution < -0.4 is 15.8 Å². The molecule has 0 bridgehead atoms. The first-order chi connectivity index (χ1) is 9.67. The summed E-state index contributed by atoms with van der Waals surface area (Å²) in [5.74, 6) is 0. The van der Waals surface area contributed by atoms with Gasteiger partial charge in [0.05, 0.1) is 11.9 Å². The van der Waals surface area contributed by atoms with E-state index in [1.807, 2.05) is 7.05 Å². The largest absolute Gasteiger partial charge is 0.369 e. The fourth-order valence-electron chi connectivity index (χ4n) is 2.55. The van der Waals surface area contributed by atoms with E-state index in [1.165, 1.54) is 4.68 Å². The highest BCUT2D eigenvalue weighted by molar-refractivity contribution is 6.33. The molecule has 1 saturated heterocycles. The number of unbranched alkanes of at least 4 members (excludes halogenated alkanes) is 1. The highest BCUT2D eigenvalue weighted by Gasteiger charge is 2.21. The van der Waals surface area contributed by atoms with Crippen LogP contribution in [0, 0.1) is 0 Å². The van der Waals surface area contributed by atoms with Gasteiger partial charge in [0.15, 0.2) is 0 Å². The van der Waals surface area contributed by atoms with Crippen LogP contribution in [0.5, 0.6) is 0 Å². The van der Waals surface area contributed by atoms with Crippen molar-refractivity contribution < 1.29 is 0 Å². The van der Waals surface area contributed by atoms with Crippen LogP contribution in [0.25, 0.3) is 0 Å². The highest BCUT2D eigenvalue weighted by Crippen LogP contribution is 2.24. The average molecular weight is 299 g/mol. The first-order valence-corrected chi connectivity index (χ1v) is 7.73. The molecule has 0 spiro atoms. The van der Waals surface area contributed by atoms with Crippen LogP contribution in [0.1, 0.15) is 32.6 Å². The Balaban J connectivity index is 2.13. The van der Waals surface area contributed by atoms with Gasteiger partial charge in [-0.1, -0.05) is 24.9 Å². The molecular weight excluding hydrogens is 276 g/mol. The molecule has 0 aromatic carbocycles. The van der Waals surface area contributed by atoms with Crippen molar-refractivity contribution in [3.8, 4) is 0 Å². The molecule has 1 N–H and O–H groups in total. The van der Waals surface area contributed by atoms with Gasteiger partial charge < -0.3 is 10.2 Å². The molecule has 1 aliphatic heterocycles. The molecule has 5 nitrogen and oxygen atoms in total. The Kier molecular flexibility index (Phi) is 5.43. The van der Waals surface area contributed by atoms with Gasteiger partial charge in [-0.15, -0.1) is 0 Å². The quantitative estimate of drug-likeness (QED) is 0.902. The second kappa shape index (κ2) is 7.09. The summed E-state index contributed by atoms with van der Waals surface area (Å²) in [4.78, 5) is 14.3. The lowest BCUT2D eigenvalue weighted by Crippen LogP contribution is -2.42. The maximum Gasteiger partial charge on any atom is 0.287 e. The van der Waals surface area contributed by atoms with Crippen molar-refractivity contribution in [3.63, 3.8) is 0 Å². The zero-order valence-corrected chi connectivity index (χ0v) is 13.0. The molecule has 1 aromatic heterocycles. The molecule has 0 amide bonds. The maximum absolute atomic E-state index is 12.2. The molecule has 1 fully saturated rings. The van der Waals surface area contributed by atoms with Crippen LogP contribution in [0.3, 0.4) is 0 Å². The third-order valence-electron chi connectivity index (χ3n) is 3.93. The van der Waals surface area contributed by atoms with E-state index in [9.17, 15) is 4.79 Å². The van der Waals surface area contributed by atoms with E-state index in [0.717, 1.165) is 44.5 Å². The Morgan fingerprint density at radius 2 is 2.15 bits per heavy atom. The second-order valence-electron chi connectivity index (χ2n) is 5.28. The van der Waals surface area contributed by atoms with E-state index in [2.05, 4.69) is 22.2 Å². The van der Waals surface area contributed by atoms with Gasteiger partial charge in [0.1, 0.15) is 5.02 Å². The van der Waals surface area contributed by atoms with E-state index in [4.69, 9.17) is 11.6 Å². The third-order valence-corrected chi connectivity index (χ3v) is 4.29. The average Bonchev–Trinajstić information content (AvgIpc) is 2.49. The molecular formula is C14H23ClN4O. The first kappa shape index (κ1) is 15.3. The number of aromatic nitrogens is 2. The number of hydrogen-bond acceptors (Lipinski definition) is 4. The molecule has 2 rings (SSSR count). The summed E-state index contributed by atoms with van der Waals surface area (Å²) in [6.45, 7) is 4.54. The summed E-state index contributed by atoms with van der Waals surface area (Å²) in [6.07, 6.45) is 5.83. The van der Waals surface area contributed by atoms with Crippen molar-refractivity contribution in [1.29, 1.82) is 0 Å². The molecule has 2 heterocycles. The smallest absolute Gasteiger partial charge is 0.287 e. The molecule has 0 aliphatic carbocycles. The Morgan fingerprint density at radius 3 is 2.75 bits per heavy atom. The number of anilines is 1. The Labute approximate surface area is 124 Å². The van der Waals surface area contributed by atoms with Crippen molar-refractivity contribution in [2.45, 2.75) is 45.2 Å². The number of nitrogens with one attached hydrogen (secondary N) is 1. The lowest BCUT2D eigenvalue weighted by molar-refractivity contribution is 0.441. The van der Waals surface area contributed by atoms with Gasteiger partial charge in [-0.25, -0.2) is 4.68 Å². The highest BCUT2D eigenvalue weighted by atomic mass is 35.5. The number of halogens is 1. The summed E-state index contributed by atoms with van der Waals surface area (Å²) >= 11 is 6.25. The van der Waals surface area contributed by atoms with Gasteiger partial charge in [0.25, 0.3) is 5.56 Å². The third kappa shape index (κ3) is 3.33. The van der Waals surface area contributed by atoms with Crippen molar-refractivity contribution in [3.05, 3.63) is 21.6 Å². The van der Waals surface area contributed by atoms with Crippen LogP contribution in [0.4, 0.5) is 5.69 Å². The molecule has 0 unspecified atom stereocenters. The molecule has 6 heteroatoms. The summed E-state index contributed by atoms with van der Waals surface area (Å²) in [5.41, 5.74) is 0.604. The minimum atomic E-state index is -0.173. The lowest BCUT2D eigenvalue weighted by atomic mass is 10.1. The summed E-state index contributed by atoms with van der Waals surface area (Å²) in [6, 6.07) is 0.558. The van der Waals surface area contributed by atoms with Gasteiger partial charge in [-0.05, 0) is 26.3 Å². The lowest BCUT2D eigenvalue weighted by Gasteiger charge is -2.33. The summed E-state index contributed by atoms with van der Waals surface area (Å²) < 4.78 is 1.47. The van der Waals surface area contributed by atoms with Gasteiger partial charge >= 0.3 is 0 Å². The molecule has 0 atom stereocenters. The van der Waals surface area contributed by atoms with Crippen LogP contribution in [0.15, 0.2) is 11.0 Å². The van der Waals surface area contributed by atoms with Crippen molar-refractivity contribution >= 4 is 17.3 Å². The zero-order chi connectivity index (χ0) is 14.5. The minimum absolute atomic E-state index is 0.173. The van der Waals surface area contributed by atoms with E-state index in [0.29, 0.717) is 17.6 Å². The second-order valence-corrected chi connectivity index (χ2v) is 5.65. The normalized spacial score (nSPS) is 16.6. The number of rotatable bonds is 5. The molecule has 20 heavy (non-hydrogen) atoms. The Hall–Kier alpha value is -1.07. The van der Waals surface area contributed by atoms with E-state index in [-0.39, 0.29) is 5.56 Å². The van der Waals surface area contributed by atoms with Gasteiger partial charge in [0, 0.05) is 25.7 Å². The van der Waals surface area contributed by atoms with Gasteiger partial charge in [-0.3, -0.25) is 4.79 Å². The first-order valence-electron chi connectivity index (χ1n) is 7.35. The van der Waals surface area contributed by atoms with Crippen LogP contribution >= 0.6 is 11.6 Å². The minimum Gasteiger partial charge on any atom is -0.369 e. The number of aryl methyl sites for hydroxylation is 1. The molecule has 1 aromatic rings. The number of nitrogens with zero attached hydrogens (tertiary/aromatic N) is 3. The van der Waals surface area contributed by atoms with Crippen LogP contribution in [-0.4, -0.2) is 36.0 Å². The van der Waals surface area contributed by atoms with Crippen molar-refractivity contribution in [2.75, 3.05) is 25.0 Å². The SMILES string of the molecule is CCCCn1ncc(N2CCC(NC)CC2)c(Cl)c1=O. The van der Waals surface area contributed by atoms with Crippen molar-refractivity contribution in [1.82, 2.24) is 15.1 Å². The molecule has 1 aliphatic rings. The fourth-order valence-corrected chi connectivity index (χ4v) is 2.82.